The fraction of sp³-hybridized carbons (Fsp3) is 0.364. The average Bonchev–Trinajstić information content (AvgIpc) is 2.44. The molecule has 0 N–H and O–H groups in total. The van der Waals surface area contributed by atoms with Crippen molar-refractivity contribution in [3.05, 3.63) is 30.3 Å². The molecule has 0 radical (unpaired) electrons. The average molecular weight is 310 g/mol. The summed E-state index contributed by atoms with van der Waals surface area (Å²) in [6.07, 6.45) is 0. The fourth-order valence-corrected chi connectivity index (χ4v) is 1.51. The zero-order valence-corrected chi connectivity index (χ0v) is 11.2. The number of para-hydroxylation sites is 1. The first-order valence-electron chi connectivity index (χ1n) is 5.30. The minimum atomic E-state index is -5.11. The summed E-state index contributed by atoms with van der Waals surface area (Å²) in [6.45, 7) is -2.26. The summed E-state index contributed by atoms with van der Waals surface area (Å²) in [5.74, 6) is -0.777. The van der Waals surface area contributed by atoms with Crippen LogP contribution in [0.15, 0.2) is 30.3 Å². The summed E-state index contributed by atoms with van der Waals surface area (Å²) < 4.78 is 60.6. The van der Waals surface area contributed by atoms with Crippen LogP contribution in [0, 0.1) is 0 Å². The molecule has 1 aromatic rings. The van der Waals surface area contributed by atoms with E-state index in [1.54, 1.807) is 30.3 Å². The lowest BCUT2D eigenvalue weighted by Crippen LogP contribution is -2.36. The zero-order valence-electron chi connectivity index (χ0n) is 10.4. The molecule has 1 rings (SSSR count). The maximum absolute atomic E-state index is 13.1. The lowest BCUT2D eigenvalue weighted by molar-refractivity contribution is -0.152. The molecular weight excluding hydrogens is 298 g/mol. The molecule has 0 fully saturated rings. The van der Waals surface area contributed by atoms with Gasteiger partial charge in [0.25, 0.3) is 0 Å². The van der Waals surface area contributed by atoms with Gasteiger partial charge in [0.15, 0.2) is 13.2 Å². The Balaban J connectivity index is 2.44. The van der Waals surface area contributed by atoms with Crippen LogP contribution in [0.5, 0.6) is 5.75 Å². The van der Waals surface area contributed by atoms with E-state index in [-0.39, 0.29) is 0 Å². The maximum Gasteiger partial charge on any atom is 0.403 e. The smallest absolute Gasteiger partial charge is 0.403 e. The molecule has 0 spiro atoms. The molecule has 0 bridgehead atoms. The van der Waals surface area contributed by atoms with Gasteiger partial charge in [0, 0.05) is 0 Å². The molecule has 0 unspecified atom stereocenters. The van der Waals surface area contributed by atoms with E-state index >= 15 is 0 Å². The van der Waals surface area contributed by atoms with Crippen molar-refractivity contribution in [2.75, 3.05) is 20.3 Å². The molecule has 6 nitrogen and oxygen atoms in total. The first-order valence-corrected chi connectivity index (χ1v) is 6.71. The number of rotatable bonds is 7. The molecule has 20 heavy (non-hydrogen) atoms. The number of alkyl halides is 2. The predicted molar refractivity (Wildman–Crippen MR) is 63.8 cm³/mol. The van der Waals surface area contributed by atoms with Crippen molar-refractivity contribution in [2.24, 2.45) is 0 Å². The Kier molecular flexibility index (Phi) is 5.40. The third kappa shape index (κ3) is 4.42. The van der Waals surface area contributed by atoms with Gasteiger partial charge in [-0.1, -0.05) is 18.2 Å². The second kappa shape index (κ2) is 6.62. The quantitative estimate of drug-likeness (QED) is 0.556. The summed E-state index contributed by atoms with van der Waals surface area (Å²) in [7, 11) is -4.52. The number of hydrogen-bond donors (Lipinski definition) is 0. The van der Waals surface area contributed by atoms with Crippen LogP contribution in [0.4, 0.5) is 8.78 Å². The molecule has 0 heterocycles. The van der Waals surface area contributed by atoms with E-state index in [1.807, 2.05) is 0 Å². The molecule has 1 aromatic carbocycles. The van der Waals surface area contributed by atoms with Crippen molar-refractivity contribution in [1.29, 1.82) is 0 Å². The Morgan fingerprint density at radius 1 is 1.25 bits per heavy atom. The fourth-order valence-electron chi connectivity index (χ4n) is 1.06. The molecule has 9 heteroatoms. The topological polar surface area (TPSA) is 78.9 Å². The predicted octanol–water partition coefficient (Wildman–Crippen LogP) is 1.18. The number of hydrogen-bond acceptors (Lipinski definition) is 6. The first kappa shape index (κ1) is 16.3. The van der Waals surface area contributed by atoms with Gasteiger partial charge in [0.2, 0.25) is 0 Å². The molecule has 0 amide bonds. The Hall–Kier alpha value is -1.74. The monoisotopic (exact) mass is 310 g/mol. The summed E-state index contributed by atoms with van der Waals surface area (Å²) in [4.78, 5) is 11.2. The number of esters is 1. The van der Waals surface area contributed by atoms with Crippen LogP contribution in [0.25, 0.3) is 0 Å². The highest BCUT2D eigenvalue weighted by atomic mass is 32.2. The standard InChI is InChI=1S/C11H12F2O6S/c1-17-20(15,16)11(12,13)8-19-10(14)7-18-9-5-3-2-4-6-9/h2-6H,7-8H2,1H3. The van der Waals surface area contributed by atoms with Crippen LogP contribution in [0.2, 0.25) is 0 Å². The van der Waals surface area contributed by atoms with Gasteiger partial charge in [-0.25, -0.2) is 4.79 Å². The Morgan fingerprint density at radius 2 is 1.85 bits per heavy atom. The van der Waals surface area contributed by atoms with Gasteiger partial charge in [-0.2, -0.15) is 17.2 Å². The number of ether oxygens (including phenoxy) is 2. The van der Waals surface area contributed by atoms with Gasteiger partial charge in [0.05, 0.1) is 7.11 Å². The lowest BCUT2D eigenvalue weighted by Gasteiger charge is -2.15. The molecule has 0 aromatic heterocycles. The van der Waals surface area contributed by atoms with Crippen molar-refractivity contribution >= 4 is 16.1 Å². The third-order valence-electron chi connectivity index (χ3n) is 2.09. The Labute approximate surface area is 114 Å². The second-order valence-electron chi connectivity index (χ2n) is 3.52. The van der Waals surface area contributed by atoms with Crippen LogP contribution in [-0.2, 0) is 23.8 Å². The summed E-state index contributed by atoms with van der Waals surface area (Å²) in [5.41, 5.74) is 0. The maximum atomic E-state index is 13.1. The van der Waals surface area contributed by atoms with Crippen molar-refractivity contribution in [3.63, 3.8) is 0 Å². The summed E-state index contributed by atoms with van der Waals surface area (Å²) in [6, 6.07) is 8.13. The minimum Gasteiger partial charge on any atom is -0.482 e. The number of carbonyl (C=O) groups excluding carboxylic acids is 1. The highest BCUT2D eigenvalue weighted by Gasteiger charge is 2.47. The van der Waals surface area contributed by atoms with Gasteiger partial charge in [-0.05, 0) is 12.1 Å². The molecule has 112 valence electrons. The van der Waals surface area contributed by atoms with Crippen molar-refractivity contribution in [1.82, 2.24) is 0 Å². The van der Waals surface area contributed by atoms with Gasteiger partial charge in [0.1, 0.15) is 5.75 Å². The van der Waals surface area contributed by atoms with E-state index < -0.39 is 34.6 Å². The van der Waals surface area contributed by atoms with Crippen molar-refractivity contribution in [2.45, 2.75) is 5.25 Å². The molecule has 0 aliphatic heterocycles. The Bertz CT molecular complexity index is 543. The zero-order chi connectivity index (χ0) is 15.2. The largest absolute Gasteiger partial charge is 0.482 e. The number of halogens is 2. The van der Waals surface area contributed by atoms with Gasteiger partial charge < -0.3 is 9.47 Å². The second-order valence-corrected chi connectivity index (χ2v) is 5.36. The van der Waals surface area contributed by atoms with Gasteiger partial charge >= 0.3 is 21.3 Å². The highest BCUT2D eigenvalue weighted by molar-refractivity contribution is 7.87. The van der Waals surface area contributed by atoms with E-state index in [9.17, 15) is 22.0 Å². The molecule has 0 saturated carbocycles. The van der Waals surface area contributed by atoms with Gasteiger partial charge in [-0.3, -0.25) is 4.18 Å². The van der Waals surface area contributed by atoms with Crippen molar-refractivity contribution in [3.8, 4) is 5.75 Å². The van der Waals surface area contributed by atoms with Crippen LogP contribution < -0.4 is 4.74 Å². The van der Waals surface area contributed by atoms with E-state index in [4.69, 9.17) is 4.74 Å². The van der Waals surface area contributed by atoms with Crippen LogP contribution in [-0.4, -0.2) is 40.0 Å². The van der Waals surface area contributed by atoms with Crippen LogP contribution in [0.1, 0.15) is 0 Å². The van der Waals surface area contributed by atoms with E-state index in [0.29, 0.717) is 12.9 Å². The van der Waals surface area contributed by atoms with E-state index in [2.05, 4.69) is 8.92 Å². The Morgan fingerprint density at radius 3 is 2.40 bits per heavy atom. The SMILES string of the molecule is COS(=O)(=O)C(F)(F)COC(=O)COc1ccccc1. The molecule has 0 atom stereocenters. The molecule has 0 aliphatic rings. The molecule has 0 aliphatic carbocycles. The van der Waals surface area contributed by atoms with Crippen molar-refractivity contribution < 1.29 is 35.6 Å². The number of benzene rings is 1. The number of carbonyl (C=O) groups is 1. The van der Waals surface area contributed by atoms with E-state index in [1.165, 1.54) is 0 Å². The first-order chi connectivity index (χ1) is 9.28. The summed E-state index contributed by atoms with van der Waals surface area (Å²) >= 11 is 0. The van der Waals surface area contributed by atoms with Crippen LogP contribution >= 0.6 is 0 Å². The summed E-state index contributed by atoms with van der Waals surface area (Å²) in [5, 5.41) is -4.32. The van der Waals surface area contributed by atoms with E-state index in [0.717, 1.165) is 0 Å². The van der Waals surface area contributed by atoms with Gasteiger partial charge in [-0.15, -0.1) is 0 Å². The third-order valence-corrected chi connectivity index (χ3v) is 3.37. The normalized spacial score (nSPS) is 11.9. The minimum absolute atomic E-state index is 0.348. The highest BCUT2D eigenvalue weighted by Crippen LogP contribution is 2.23. The molecule has 0 saturated heterocycles. The lowest BCUT2D eigenvalue weighted by atomic mass is 10.3. The molecular formula is C11H12F2O6S. The van der Waals surface area contributed by atoms with Crippen LogP contribution in [0.3, 0.4) is 0 Å².